The highest BCUT2D eigenvalue weighted by molar-refractivity contribution is 14.1. The summed E-state index contributed by atoms with van der Waals surface area (Å²) >= 11 is 2.16. The first kappa shape index (κ1) is 23.5. The van der Waals surface area contributed by atoms with Gasteiger partial charge in [0.2, 0.25) is 0 Å². The van der Waals surface area contributed by atoms with E-state index >= 15 is 0 Å². The number of ether oxygens (including phenoxy) is 4. The Morgan fingerprint density at radius 3 is 2.50 bits per heavy atom. The highest BCUT2D eigenvalue weighted by Gasteiger charge is 2.12. The van der Waals surface area contributed by atoms with E-state index in [1.165, 1.54) is 0 Å². The predicted octanol–water partition coefficient (Wildman–Crippen LogP) is 4.43. The van der Waals surface area contributed by atoms with Crippen LogP contribution in [-0.2, 0) is 0 Å². The number of nitrogens with zero attached hydrogens (tertiary/aromatic N) is 1. The molecule has 0 bridgehead atoms. The van der Waals surface area contributed by atoms with E-state index in [0.717, 1.165) is 9.13 Å². The fourth-order valence-electron chi connectivity index (χ4n) is 2.54. The molecule has 0 saturated heterocycles. The molecule has 0 aromatic heterocycles. The zero-order valence-corrected chi connectivity index (χ0v) is 19.4. The quantitative estimate of drug-likeness (QED) is 0.204. The number of hydrogen-bond acceptors (Lipinski definition) is 6. The molecular weight excluding hydrogens is 499 g/mol. The van der Waals surface area contributed by atoms with Gasteiger partial charge in [-0.2, -0.15) is 5.10 Å². The number of halogens is 1. The number of carbonyl (C=O) groups is 1. The predicted molar refractivity (Wildman–Crippen MR) is 125 cm³/mol. The number of amides is 1. The van der Waals surface area contributed by atoms with Gasteiger partial charge in [0.05, 0.1) is 30.1 Å². The van der Waals surface area contributed by atoms with Crippen LogP contribution < -0.4 is 24.4 Å². The van der Waals surface area contributed by atoms with Crippen molar-refractivity contribution in [2.75, 3.05) is 26.9 Å². The molecule has 0 aliphatic heterocycles. The molecule has 1 amide bonds. The lowest BCUT2D eigenvalue weighted by atomic mass is 10.2. The molecule has 8 heteroatoms. The number of benzene rings is 2. The third kappa shape index (κ3) is 6.38. The zero-order valence-electron chi connectivity index (χ0n) is 17.2. The number of rotatable bonds is 11. The first-order valence-electron chi connectivity index (χ1n) is 9.38. The van der Waals surface area contributed by atoms with Crippen molar-refractivity contribution in [3.8, 4) is 23.0 Å². The summed E-state index contributed by atoms with van der Waals surface area (Å²) in [6, 6.07) is 8.65. The molecule has 2 rings (SSSR count). The van der Waals surface area contributed by atoms with Gasteiger partial charge < -0.3 is 18.9 Å². The summed E-state index contributed by atoms with van der Waals surface area (Å²) in [4.78, 5) is 12.5. The van der Waals surface area contributed by atoms with Crippen LogP contribution in [-0.4, -0.2) is 39.1 Å². The summed E-state index contributed by atoms with van der Waals surface area (Å²) in [6.45, 7) is 8.70. The van der Waals surface area contributed by atoms with Gasteiger partial charge in [0.1, 0.15) is 6.61 Å². The van der Waals surface area contributed by atoms with Gasteiger partial charge in [-0.1, -0.05) is 12.7 Å². The Kier molecular flexibility index (Phi) is 9.46. The summed E-state index contributed by atoms with van der Waals surface area (Å²) in [5.41, 5.74) is 3.70. The molecule has 7 nitrogen and oxygen atoms in total. The van der Waals surface area contributed by atoms with Gasteiger partial charge in [-0.3, -0.25) is 4.79 Å². The van der Waals surface area contributed by atoms with Crippen molar-refractivity contribution >= 4 is 34.7 Å². The Morgan fingerprint density at radius 1 is 1.10 bits per heavy atom. The average Bonchev–Trinajstić information content (AvgIpc) is 2.73. The van der Waals surface area contributed by atoms with E-state index in [4.69, 9.17) is 18.9 Å². The van der Waals surface area contributed by atoms with Crippen LogP contribution >= 0.6 is 22.6 Å². The molecule has 0 unspecified atom stereocenters. The van der Waals surface area contributed by atoms with E-state index in [0.29, 0.717) is 48.4 Å². The molecule has 0 aliphatic rings. The van der Waals surface area contributed by atoms with Gasteiger partial charge in [0.25, 0.3) is 5.91 Å². The van der Waals surface area contributed by atoms with Crippen LogP contribution in [0.3, 0.4) is 0 Å². The summed E-state index contributed by atoms with van der Waals surface area (Å²) in [5.74, 6) is 1.96. The van der Waals surface area contributed by atoms with Crippen molar-refractivity contribution in [1.82, 2.24) is 5.43 Å². The van der Waals surface area contributed by atoms with E-state index in [-0.39, 0.29) is 5.91 Å². The van der Waals surface area contributed by atoms with Gasteiger partial charge in [0.15, 0.2) is 23.0 Å². The fourth-order valence-corrected chi connectivity index (χ4v) is 3.38. The minimum atomic E-state index is -0.365. The van der Waals surface area contributed by atoms with E-state index in [2.05, 4.69) is 39.7 Å². The van der Waals surface area contributed by atoms with Crippen molar-refractivity contribution < 1.29 is 23.7 Å². The highest BCUT2D eigenvalue weighted by atomic mass is 127. The Morgan fingerprint density at radius 2 is 1.83 bits per heavy atom. The van der Waals surface area contributed by atoms with Crippen molar-refractivity contribution in [2.24, 2.45) is 5.10 Å². The first-order chi connectivity index (χ1) is 14.5. The normalized spacial score (nSPS) is 10.5. The molecule has 0 spiro atoms. The smallest absolute Gasteiger partial charge is 0.271 e. The van der Waals surface area contributed by atoms with Gasteiger partial charge in [-0.15, -0.1) is 0 Å². The van der Waals surface area contributed by atoms with Gasteiger partial charge in [-0.05, 0) is 72.3 Å². The van der Waals surface area contributed by atoms with E-state index < -0.39 is 0 Å². The van der Waals surface area contributed by atoms with Crippen LogP contribution in [0.2, 0.25) is 0 Å². The van der Waals surface area contributed by atoms with Crippen LogP contribution in [0, 0.1) is 3.57 Å². The van der Waals surface area contributed by atoms with Crippen molar-refractivity contribution in [1.29, 1.82) is 0 Å². The van der Waals surface area contributed by atoms with Gasteiger partial charge in [0, 0.05) is 5.56 Å². The Bertz CT molecular complexity index is 915. The lowest BCUT2D eigenvalue weighted by Crippen LogP contribution is -2.17. The van der Waals surface area contributed by atoms with E-state index in [9.17, 15) is 4.79 Å². The SMILES string of the molecule is C=CCOc1ccc(C(=O)N/N=C/c2cc(I)c(OC)c(OCC)c2)cc1OCC. The summed E-state index contributed by atoms with van der Waals surface area (Å²) in [7, 11) is 1.60. The van der Waals surface area contributed by atoms with Crippen molar-refractivity contribution in [3.05, 3.63) is 57.7 Å². The summed E-state index contributed by atoms with van der Waals surface area (Å²) in [6.07, 6.45) is 3.19. The lowest BCUT2D eigenvalue weighted by molar-refractivity contribution is 0.0954. The molecule has 0 atom stereocenters. The largest absolute Gasteiger partial charge is 0.492 e. The molecule has 0 fully saturated rings. The molecule has 2 aromatic carbocycles. The van der Waals surface area contributed by atoms with E-state index in [1.54, 1.807) is 43.7 Å². The molecule has 1 N–H and O–H groups in total. The average molecular weight is 524 g/mol. The molecule has 2 aromatic rings. The second-order valence-corrected chi connectivity index (χ2v) is 7.02. The molecular formula is C22H25IN2O5. The summed E-state index contributed by atoms with van der Waals surface area (Å²) < 4.78 is 23.0. The molecule has 0 heterocycles. The molecule has 0 radical (unpaired) electrons. The van der Waals surface area contributed by atoms with Crippen LogP contribution in [0.1, 0.15) is 29.8 Å². The Balaban J connectivity index is 2.14. The number of carbonyl (C=O) groups excluding carboxylic acids is 1. The third-order valence-electron chi connectivity index (χ3n) is 3.78. The van der Waals surface area contributed by atoms with Crippen LogP contribution in [0.5, 0.6) is 23.0 Å². The molecule has 160 valence electrons. The van der Waals surface area contributed by atoms with Crippen LogP contribution in [0.25, 0.3) is 0 Å². The number of hydrazone groups is 1. The Hall–Kier alpha value is -2.75. The van der Waals surface area contributed by atoms with Crippen molar-refractivity contribution in [3.63, 3.8) is 0 Å². The van der Waals surface area contributed by atoms with Gasteiger partial charge >= 0.3 is 0 Å². The minimum Gasteiger partial charge on any atom is -0.492 e. The third-order valence-corrected chi connectivity index (χ3v) is 4.58. The maximum absolute atomic E-state index is 12.5. The summed E-state index contributed by atoms with van der Waals surface area (Å²) in [5, 5.41) is 4.05. The van der Waals surface area contributed by atoms with E-state index in [1.807, 2.05) is 19.9 Å². The minimum absolute atomic E-state index is 0.348. The maximum atomic E-state index is 12.5. The van der Waals surface area contributed by atoms with Crippen LogP contribution in [0.4, 0.5) is 0 Å². The highest BCUT2D eigenvalue weighted by Crippen LogP contribution is 2.33. The molecule has 0 saturated carbocycles. The Labute approximate surface area is 190 Å². The number of methoxy groups -OCH3 is 1. The second kappa shape index (κ2) is 12.1. The molecule has 0 aliphatic carbocycles. The second-order valence-electron chi connectivity index (χ2n) is 5.86. The zero-order chi connectivity index (χ0) is 21.9. The first-order valence-corrected chi connectivity index (χ1v) is 10.5. The monoisotopic (exact) mass is 524 g/mol. The van der Waals surface area contributed by atoms with Gasteiger partial charge in [-0.25, -0.2) is 5.43 Å². The number of hydrogen-bond donors (Lipinski definition) is 1. The standard InChI is InChI=1S/C22H25IN2O5/c1-5-10-30-18-9-8-16(13-19(18)28-6-2)22(26)25-24-14-15-11-17(23)21(27-4)20(12-15)29-7-3/h5,8-9,11-14H,1,6-7,10H2,2-4H3,(H,25,26)/b24-14+. The molecule has 30 heavy (non-hydrogen) atoms. The fraction of sp³-hybridized carbons (Fsp3) is 0.273. The topological polar surface area (TPSA) is 78.4 Å². The van der Waals surface area contributed by atoms with Crippen molar-refractivity contribution in [2.45, 2.75) is 13.8 Å². The lowest BCUT2D eigenvalue weighted by Gasteiger charge is -2.12. The number of nitrogens with one attached hydrogen (secondary N) is 1. The van der Waals surface area contributed by atoms with Crippen LogP contribution in [0.15, 0.2) is 48.1 Å². The maximum Gasteiger partial charge on any atom is 0.271 e.